The van der Waals surface area contributed by atoms with Crippen LogP contribution < -0.4 is 19.5 Å². The third-order valence-corrected chi connectivity index (χ3v) is 4.02. The van der Waals surface area contributed by atoms with Crippen LogP contribution in [0.25, 0.3) is 0 Å². The Morgan fingerprint density at radius 2 is 1.59 bits per heavy atom. The van der Waals surface area contributed by atoms with Gasteiger partial charge >= 0.3 is 0 Å². The van der Waals surface area contributed by atoms with Crippen molar-refractivity contribution in [3.63, 3.8) is 0 Å². The molecule has 0 fully saturated rings. The summed E-state index contributed by atoms with van der Waals surface area (Å²) in [5.41, 5.74) is 2.08. The van der Waals surface area contributed by atoms with Crippen molar-refractivity contribution in [1.82, 2.24) is 0 Å². The topological polar surface area (TPSA) is 56.8 Å². The van der Waals surface area contributed by atoms with E-state index in [-0.39, 0.29) is 5.91 Å². The monoisotopic (exact) mass is 363 g/mol. The molecule has 3 aromatic rings. The van der Waals surface area contributed by atoms with Crippen molar-refractivity contribution in [2.75, 3.05) is 19.5 Å². The van der Waals surface area contributed by atoms with Crippen LogP contribution in [0.5, 0.6) is 17.2 Å². The summed E-state index contributed by atoms with van der Waals surface area (Å²) in [6.07, 6.45) is 0. The van der Waals surface area contributed by atoms with Crippen molar-refractivity contribution >= 4 is 11.6 Å². The Morgan fingerprint density at radius 3 is 2.26 bits per heavy atom. The number of anilines is 1. The fourth-order valence-electron chi connectivity index (χ4n) is 2.54. The fourth-order valence-corrected chi connectivity index (χ4v) is 2.54. The number of nitrogens with one attached hydrogen (secondary N) is 1. The molecule has 0 saturated heterocycles. The Balaban J connectivity index is 1.65. The van der Waals surface area contributed by atoms with Crippen LogP contribution in [0, 0.1) is 0 Å². The lowest BCUT2D eigenvalue weighted by atomic mass is 10.1. The van der Waals surface area contributed by atoms with E-state index in [1.54, 1.807) is 44.6 Å². The maximum atomic E-state index is 12.5. The van der Waals surface area contributed by atoms with Gasteiger partial charge in [-0.1, -0.05) is 30.3 Å². The molecule has 0 atom stereocenters. The maximum Gasteiger partial charge on any atom is 0.255 e. The van der Waals surface area contributed by atoms with Crippen LogP contribution in [0.4, 0.5) is 5.69 Å². The molecule has 0 aliphatic rings. The van der Waals surface area contributed by atoms with E-state index < -0.39 is 0 Å². The van der Waals surface area contributed by atoms with E-state index in [9.17, 15) is 4.79 Å². The molecule has 0 heterocycles. The van der Waals surface area contributed by atoms with E-state index in [1.807, 2.05) is 42.5 Å². The minimum Gasteiger partial charge on any atom is -0.497 e. The number of carbonyl (C=O) groups excluding carboxylic acids is 1. The molecular formula is C22H21NO4. The van der Waals surface area contributed by atoms with Gasteiger partial charge in [0.15, 0.2) is 0 Å². The smallest absolute Gasteiger partial charge is 0.255 e. The first kappa shape index (κ1) is 18.3. The van der Waals surface area contributed by atoms with Crippen molar-refractivity contribution in [2.24, 2.45) is 0 Å². The van der Waals surface area contributed by atoms with Crippen molar-refractivity contribution < 1.29 is 19.0 Å². The van der Waals surface area contributed by atoms with E-state index >= 15 is 0 Å². The molecule has 27 heavy (non-hydrogen) atoms. The van der Waals surface area contributed by atoms with Gasteiger partial charge in [0.25, 0.3) is 5.91 Å². The molecular weight excluding hydrogens is 342 g/mol. The van der Waals surface area contributed by atoms with Crippen LogP contribution in [0.15, 0.2) is 72.8 Å². The quantitative estimate of drug-likeness (QED) is 0.670. The molecule has 1 N–H and O–H groups in total. The first-order valence-electron chi connectivity index (χ1n) is 8.50. The maximum absolute atomic E-state index is 12.5. The van der Waals surface area contributed by atoms with Crippen molar-refractivity contribution in [1.29, 1.82) is 0 Å². The number of hydrogen-bond donors (Lipinski definition) is 1. The van der Waals surface area contributed by atoms with E-state index in [0.29, 0.717) is 29.4 Å². The molecule has 5 nitrogen and oxygen atoms in total. The second-order valence-electron chi connectivity index (χ2n) is 5.82. The lowest BCUT2D eigenvalue weighted by Gasteiger charge is -2.12. The summed E-state index contributed by atoms with van der Waals surface area (Å²) in [6.45, 7) is 0.440. The van der Waals surface area contributed by atoms with Gasteiger partial charge in [-0.2, -0.15) is 0 Å². The lowest BCUT2D eigenvalue weighted by Crippen LogP contribution is -2.13. The van der Waals surface area contributed by atoms with E-state index in [4.69, 9.17) is 14.2 Å². The predicted octanol–water partition coefficient (Wildman–Crippen LogP) is 4.54. The molecule has 1 amide bonds. The molecule has 0 aliphatic carbocycles. The van der Waals surface area contributed by atoms with Gasteiger partial charge in [0.2, 0.25) is 0 Å². The molecule has 0 saturated carbocycles. The minimum absolute atomic E-state index is 0.225. The summed E-state index contributed by atoms with van der Waals surface area (Å²) in [5.74, 6) is 1.79. The van der Waals surface area contributed by atoms with Crippen LogP contribution in [-0.4, -0.2) is 20.1 Å². The molecule has 138 valence electrons. The van der Waals surface area contributed by atoms with Gasteiger partial charge in [-0.3, -0.25) is 4.79 Å². The number of hydrogen-bond acceptors (Lipinski definition) is 4. The van der Waals surface area contributed by atoms with E-state index in [0.717, 1.165) is 11.3 Å². The highest BCUT2D eigenvalue weighted by atomic mass is 16.5. The molecule has 0 aliphatic heterocycles. The van der Waals surface area contributed by atoms with Crippen molar-refractivity contribution in [3.8, 4) is 17.2 Å². The van der Waals surface area contributed by atoms with Gasteiger partial charge in [-0.25, -0.2) is 0 Å². The number of rotatable bonds is 7. The molecule has 3 aromatic carbocycles. The highest BCUT2D eigenvalue weighted by molar-refractivity contribution is 6.05. The number of para-hydroxylation sites is 1. The number of ether oxygens (including phenoxy) is 3. The molecule has 0 spiro atoms. The summed E-state index contributed by atoms with van der Waals surface area (Å²) in [7, 11) is 3.13. The average Bonchev–Trinajstić information content (AvgIpc) is 2.73. The van der Waals surface area contributed by atoms with Crippen LogP contribution in [0.3, 0.4) is 0 Å². The Kier molecular flexibility index (Phi) is 5.94. The fraction of sp³-hybridized carbons (Fsp3) is 0.136. The SMILES string of the molecule is COc1ccc(OC)c(NC(=O)c2ccc(COc3ccccc3)cc2)c1. The molecule has 0 unspecified atom stereocenters. The van der Waals surface area contributed by atoms with Gasteiger partial charge in [-0.15, -0.1) is 0 Å². The Labute approximate surface area is 158 Å². The second-order valence-corrected chi connectivity index (χ2v) is 5.82. The molecule has 0 bridgehead atoms. The zero-order valence-corrected chi connectivity index (χ0v) is 15.3. The van der Waals surface area contributed by atoms with E-state index in [1.165, 1.54) is 0 Å². The van der Waals surface area contributed by atoms with E-state index in [2.05, 4.69) is 5.32 Å². The summed E-state index contributed by atoms with van der Waals surface area (Å²) >= 11 is 0. The number of carbonyl (C=O) groups is 1. The molecule has 5 heteroatoms. The van der Waals surface area contributed by atoms with Crippen LogP contribution in [0.2, 0.25) is 0 Å². The zero-order valence-electron chi connectivity index (χ0n) is 15.3. The Morgan fingerprint density at radius 1 is 0.852 bits per heavy atom. The lowest BCUT2D eigenvalue weighted by molar-refractivity contribution is 0.102. The highest BCUT2D eigenvalue weighted by Crippen LogP contribution is 2.29. The summed E-state index contributed by atoms with van der Waals surface area (Å²) in [4.78, 5) is 12.5. The number of benzene rings is 3. The van der Waals surface area contributed by atoms with Crippen molar-refractivity contribution in [3.05, 3.63) is 83.9 Å². The number of methoxy groups -OCH3 is 2. The molecule has 0 aromatic heterocycles. The van der Waals surface area contributed by atoms with Crippen LogP contribution in [-0.2, 0) is 6.61 Å². The second kappa shape index (κ2) is 8.76. The summed E-state index contributed by atoms with van der Waals surface area (Å²) in [6, 6.07) is 22.1. The Hall–Kier alpha value is -3.47. The normalized spacial score (nSPS) is 10.1. The van der Waals surface area contributed by atoms with Gasteiger partial charge in [-0.05, 0) is 42.0 Å². The van der Waals surface area contributed by atoms with Crippen LogP contribution in [0.1, 0.15) is 15.9 Å². The molecule has 0 radical (unpaired) electrons. The summed E-state index contributed by atoms with van der Waals surface area (Å²) in [5, 5.41) is 2.85. The van der Waals surface area contributed by atoms with Gasteiger partial charge in [0.05, 0.1) is 19.9 Å². The third kappa shape index (κ3) is 4.79. The summed E-state index contributed by atoms with van der Waals surface area (Å²) < 4.78 is 16.2. The van der Waals surface area contributed by atoms with Gasteiger partial charge < -0.3 is 19.5 Å². The van der Waals surface area contributed by atoms with Gasteiger partial charge in [0, 0.05) is 11.6 Å². The first-order chi connectivity index (χ1) is 13.2. The largest absolute Gasteiger partial charge is 0.497 e. The van der Waals surface area contributed by atoms with Crippen molar-refractivity contribution in [2.45, 2.75) is 6.61 Å². The minimum atomic E-state index is -0.225. The van der Waals surface area contributed by atoms with Gasteiger partial charge in [0.1, 0.15) is 23.9 Å². The first-order valence-corrected chi connectivity index (χ1v) is 8.50. The molecule has 3 rings (SSSR count). The number of amides is 1. The standard InChI is InChI=1S/C22H21NO4/c1-25-19-12-13-21(26-2)20(14-19)23-22(24)17-10-8-16(9-11-17)15-27-18-6-4-3-5-7-18/h3-14H,15H2,1-2H3,(H,23,24). The zero-order chi connectivity index (χ0) is 19.1. The average molecular weight is 363 g/mol. The van der Waals surface area contributed by atoms with Crippen LogP contribution >= 0.6 is 0 Å². The third-order valence-electron chi connectivity index (χ3n) is 4.02. The predicted molar refractivity (Wildman–Crippen MR) is 105 cm³/mol. The highest BCUT2D eigenvalue weighted by Gasteiger charge is 2.11. The Bertz CT molecular complexity index is 892.